The molecule has 0 spiro atoms. The van der Waals surface area contributed by atoms with Crippen LogP contribution in [0.25, 0.3) is 0 Å². The number of hydrogen-bond acceptors (Lipinski definition) is 4. The Bertz CT molecular complexity index is 927. The van der Waals surface area contributed by atoms with Gasteiger partial charge < -0.3 is 20.4 Å². The Kier molecular flexibility index (Phi) is 6.11. The summed E-state index contributed by atoms with van der Waals surface area (Å²) in [6.45, 7) is 4.40. The Morgan fingerprint density at radius 3 is 2.29 bits per heavy atom. The minimum absolute atomic E-state index is 0.127. The number of benzene rings is 2. The van der Waals surface area contributed by atoms with Crippen LogP contribution < -0.4 is 16.0 Å². The fourth-order valence-corrected chi connectivity index (χ4v) is 2.80. The zero-order valence-electron chi connectivity index (χ0n) is 15.9. The molecule has 28 heavy (non-hydrogen) atoms. The van der Waals surface area contributed by atoms with Gasteiger partial charge in [-0.25, -0.2) is 0 Å². The van der Waals surface area contributed by atoms with E-state index in [1.807, 2.05) is 32.0 Å². The van der Waals surface area contributed by atoms with Gasteiger partial charge in [0.25, 0.3) is 5.91 Å². The van der Waals surface area contributed by atoms with Gasteiger partial charge in [0.15, 0.2) is 0 Å². The first-order chi connectivity index (χ1) is 13.5. The number of anilines is 2. The van der Waals surface area contributed by atoms with E-state index in [1.54, 1.807) is 42.7 Å². The van der Waals surface area contributed by atoms with Crippen molar-refractivity contribution in [3.8, 4) is 0 Å². The second-order valence-electron chi connectivity index (χ2n) is 6.51. The Hall–Kier alpha value is -3.54. The van der Waals surface area contributed by atoms with Gasteiger partial charge in [0.05, 0.1) is 19.4 Å². The molecule has 0 aliphatic rings. The van der Waals surface area contributed by atoms with Crippen LogP contribution in [0.3, 0.4) is 0 Å². The van der Waals surface area contributed by atoms with Crippen LogP contribution >= 0.6 is 0 Å². The predicted octanol–water partition coefficient (Wildman–Crippen LogP) is 3.88. The quantitative estimate of drug-likeness (QED) is 0.583. The predicted molar refractivity (Wildman–Crippen MR) is 109 cm³/mol. The monoisotopic (exact) mass is 377 g/mol. The number of nitrogens with one attached hydrogen (secondary N) is 3. The topological polar surface area (TPSA) is 83.4 Å². The third-order valence-corrected chi connectivity index (χ3v) is 4.35. The van der Waals surface area contributed by atoms with Crippen molar-refractivity contribution < 1.29 is 14.0 Å². The van der Waals surface area contributed by atoms with E-state index in [1.165, 1.54) is 0 Å². The Morgan fingerprint density at radius 1 is 0.929 bits per heavy atom. The van der Waals surface area contributed by atoms with Crippen molar-refractivity contribution in [3.63, 3.8) is 0 Å². The van der Waals surface area contributed by atoms with E-state index >= 15 is 0 Å². The molecule has 3 N–H and O–H groups in total. The SMILES string of the molecule is Cc1cccc(C)c1NC(=O)CNc1ccc(C(=O)NCc2ccco2)cc1. The fourth-order valence-electron chi connectivity index (χ4n) is 2.80. The molecule has 0 atom stereocenters. The molecule has 6 nitrogen and oxygen atoms in total. The van der Waals surface area contributed by atoms with E-state index in [-0.39, 0.29) is 18.4 Å². The molecule has 2 amide bonds. The third kappa shape index (κ3) is 5.01. The standard InChI is InChI=1S/C22H23N3O3/c1-15-5-3-6-16(2)21(15)25-20(26)14-23-18-10-8-17(9-11-18)22(27)24-13-19-7-4-12-28-19/h3-12,23H,13-14H2,1-2H3,(H,24,27)(H,25,26). The van der Waals surface area contributed by atoms with Gasteiger partial charge in [0.2, 0.25) is 5.91 Å². The molecule has 1 aromatic heterocycles. The summed E-state index contributed by atoms with van der Waals surface area (Å²) >= 11 is 0. The minimum atomic E-state index is -0.185. The summed E-state index contributed by atoms with van der Waals surface area (Å²) in [5, 5.41) is 8.79. The lowest BCUT2D eigenvalue weighted by molar-refractivity contribution is -0.114. The van der Waals surface area contributed by atoms with Crippen molar-refractivity contribution in [1.29, 1.82) is 0 Å². The van der Waals surface area contributed by atoms with Gasteiger partial charge in [-0.2, -0.15) is 0 Å². The maximum atomic E-state index is 12.2. The molecule has 0 saturated heterocycles. The molecule has 2 aromatic carbocycles. The lowest BCUT2D eigenvalue weighted by atomic mass is 10.1. The van der Waals surface area contributed by atoms with Crippen LogP contribution in [-0.2, 0) is 11.3 Å². The van der Waals surface area contributed by atoms with Crippen LogP contribution in [0.5, 0.6) is 0 Å². The summed E-state index contributed by atoms with van der Waals surface area (Å²) < 4.78 is 5.19. The highest BCUT2D eigenvalue weighted by Gasteiger charge is 2.08. The average molecular weight is 377 g/mol. The van der Waals surface area contributed by atoms with Crippen LogP contribution in [0.4, 0.5) is 11.4 Å². The molecular formula is C22H23N3O3. The van der Waals surface area contributed by atoms with Gasteiger partial charge in [-0.05, 0) is 61.4 Å². The van der Waals surface area contributed by atoms with E-state index < -0.39 is 0 Å². The first-order valence-corrected chi connectivity index (χ1v) is 9.03. The summed E-state index contributed by atoms with van der Waals surface area (Å²) in [5.74, 6) is 0.384. The number of furan rings is 1. The fraction of sp³-hybridized carbons (Fsp3) is 0.182. The molecule has 0 radical (unpaired) electrons. The molecule has 3 rings (SSSR count). The van der Waals surface area contributed by atoms with Gasteiger partial charge in [-0.3, -0.25) is 9.59 Å². The van der Waals surface area contributed by atoms with Crippen LogP contribution in [0.2, 0.25) is 0 Å². The maximum Gasteiger partial charge on any atom is 0.251 e. The number of para-hydroxylation sites is 1. The maximum absolute atomic E-state index is 12.2. The number of amides is 2. The van der Waals surface area contributed by atoms with Crippen LogP contribution in [0.15, 0.2) is 65.3 Å². The van der Waals surface area contributed by atoms with Gasteiger partial charge in [0.1, 0.15) is 5.76 Å². The second-order valence-corrected chi connectivity index (χ2v) is 6.51. The van der Waals surface area contributed by atoms with E-state index in [9.17, 15) is 9.59 Å². The molecule has 1 heterocycles. The van der Waals surface area contributed by atoms with E-state index in [0.717, 1.165) is 22.5 Å². The van der Waals surface area contributed by atoms with Crippen molar-refractivity contribution in [1.82, 2.24) is 5.32 Å². The number of hydrogen-bond donors (Lipinski definition) is 3. The van der Waals surface area contributed by atoms with Gasteiger partial charge in [0, 0.05) is 16.9 Å². The van der Waals surface area contributed by atoms with E-state index in [0.29, 0.717) is 17.9 Å². The van der Waals surface area contributed by atoms with E-state index in [4.69, 9.17) is 4.42 Å². The molecule has 144 valence electrons. The first kappa shape index (κ1) is 19.2. The van der Waals surface area contributed by atoms with Crippen molar-refractivity contribution in [2.75, 3.05) is 17.2 Å². The Morgan fingerprint density at radius 2 is 1.64 bits per heavy atom. The van der Waals surface area contributed by atoms with Crippen LogP contribution in [-0.4, -0.2) is 18.4 Å². The molecule has 3 aromatic rings. The van der Waals surface area contributed by atoms with Crippen molar-refractivity contribution in [2.45, 2.75) is 20.4 Å². The Balaban J connectivity index is 1.50. The summed E-state index contributed by atoms with van der Waals surface area (Å²) in [6, 6.07) is 16.4. The Labute approximate surface area is 164 Å². The molecule has 0 unspecified atom stereocenters. The highest BCUT2D eigenvalue weighted by molar-refractivity contribution is 5.96. The molecule has 0 fully saturated rings. The van der Waals surface area contributed by atoms with Crippen molar-refractivity contribution >= 4 is 23.2 Å². The zero-order chi connectivity index (χ0) is 19.9. The summed E-state index contributed by atoms with van der Waals surface area (Å²) in [6.07, 6.45) is 1.57. The second kappa shape index (κ2) is 8.90. The molecular weight excluding hydrogens is 354 g/mol. The van der Waals surface area contributed by atoms with Gasteiger partial charge >= 0.3 is 0 Å². The zero-order valence-corrected chi connectivity index (χ0v) is 15.9. The number of rotatable bonds is 7. The lowest BCUT2D eigenvalue weighted by Gasteiger charge is -2.12. The normalized spacial score (nSPS) is 10.4. The molecule has 0 aliphatic heterocycles. The van der Waals surface area contributed by atoms with Crippen molar-refractivity contribution in [3.05, 3.63) is 83.3 Å². The summed E-state index contributed by atoms with van der Waals surface area (Å²) in [5.41, 5.74) is 4.20. The number of aryl methyl sites for hydroxylation is 2. The van der Waals surface area contributed by atoms with Crippen molar-refractivity contribution in [2.24, 2.45) is 0 Å². The number of carbonyl (C=O) groups is 2. The highest BCUT2D eigenvalue weighted by Crippen LogP contribution is 2.19. The van der Waals surface area contributed by atoms with Gasteiger partial charge in [-0.15, -0.1) is 0 Å². The molecule has 0 saturated carbocycles. The molecule has 0 aliphatic carbocycles. The molecule has 0 bridgehead atoms. The van der Waals surface area contributed by atoms with E-state index in [2.05, 4.69) is 16.0 Å². The van der Waals surface area contributed by atoms with Gasteiger partial charge in [-0.1, -0.05) is 18.2 Å². The molecule has 6 heteroatoms. The lowest BCUT2D eigenvalue weighted by Crippen LogP contribution is -2.23. The smallest absolute Gasteiger partial charge is 0.251 e. The first-order valence-electron chi connectivity index (χ1n) is 9.03. The largest absolute Gasteiger partial charge is 0.467 e. The third-order valence-electron chi connectivity index (χ3n) is 4.35. The summed E-state index contributed by atoms with van der Waals surface area (Å²) in [4.78, 5) is 24.4. The number of carbonyl (C=O) groups excluding carboxylic acids is 2. The average Bonchev–Trinajstić information content (AvgIpc) is 3.21. The van der Waals surface area contributed by atoms with Crippen LogP contribution in [0.1, 0.15) is 27.2 Å². The van der Waals surface area contributed by atoms with Crippen LogP contribution in [0, 0.1) is 13.8 Å². The summed E-state index contributed by atoms with van der Waals surface area (Å²) in [7, 11) is 0. The highest BCUT2D eigenvalue weighted by atomic mass is 16.3. The minimum Gasteiger partial charge on any atom is -0.467 e.